The second kappa shape index (κ2) is 6.20. The van der Waals surface area contributed by atoms with Crippen molar-refractivity contribution in [3.8, 4) is 0 Å². The summed E-state index contributed by atoms with van der Waals surface area (Å²) in [7, 11) is 1.66. The summed E-state index contributed by atoms with van der Waals surface area (Å²) in [4.78, 5) is 0. The molecule has 0 aliphatic heterocycles. The molecule has 0 saturated carbocycles. The van der Waals surface area contributed by atoms with Crippen molar-refractivity contribution in [1.82, 2.24) is 5.32 Å². The Morgan fingerprint density at radius 3 is 2.12 bits per heavy atom. The van der Waals surface area contributed by atoms with E-state index in [0.717, 1.165) is 14.5 Å². The highest BCUT2D eigenvalue weighted by atomic mass is 79.9. The summed E-state index contributed by atoms with van der Waals surface area (Å²) in [6.45, 7) is 0. The lowest BCUT2D eigenvalue weighted by molar-refractivity contribution is -0.136. The van der Waals surface area contributed by atoms with Gasteiger partial charge in [-0.25, -0.2) is 0 Å². The van der Waals surface area contributed by atoms with Crippen LogP contribution in [0.1, 0.15) is 24.4 Å². The van der Waals surface area contributed by atoms with Crippen LogP contribution in [-0.4, -0.2) is 13.2 Å². The van der Waals surface area contributed by atoms with E-state index in [2.05, 4.69) is 37.2 Å². The molecule has 0 amide bonds. The van der Waals surface area contributed by atoms with E-state index in [1.807, 2.05) is 18.2 Å². The molecule has 1 unspecified atom stereocenters. The molecule has 0 aromatic heterocycles. The van der Waals surface area contributed by atoms with Crippen LogP contribution in [-0.2, 0) is 0 Å². The average molecular weight is 375 g/mol. The number of halogens is 5. The Balaban J connectivity index is 2.79. The van der Waals surface area contributed by atoms with Crippen molar-refractivity contribution < 1.29 is 13.2 Å². The third-order valence-corrected chi connectivity index (χ3v) is 3.27. The molecule has 0 bridgehead atoms. The number of benzene rings is 1. The van der Waals surface area contributed by atoms with E-state index in [4.69, 9.17) is 0 Å². The number of hydrogen-bond acceptors (Lipinski definition) is 1. The second-order valence-corrected chi connectivity index (χ2v) is 5.53. The van der Waals surface area contributed by atoms with E-state index >= 15 is 0 Å². The minimum absolute atomic E-state index is 0.0306. The van der Waals surface area contributed by atoms with E-state index in [-0.39, 0.29) is 12.5 Å². The minimum atomic E-state index is -4.11. The van der Waals surface area contributed by atoms with Gasteiger partial charge in [-0.05, 0) is 37.2 Å². The molecule has 0 aliphatic carbocycles. The standard InChI is InChI=1S/C11H12Br2F3N/c1-17-10(2-3-11(14,15)16)7-4-8(12)6-9(13)5-7/h4-6,10,17H,2-3H2,1H3. The maximum absolute atomic E-state index is 12.2. The fraction of sp³-hybridized carbons (Fsp3) is 0.455. The molecule has 1 atom stereocenters. The third kappa shape index (κ3) is 5.40. The second-order valence-electron chi connectivity index (χ2n) is 3.70. The number of hydrogen-bond donors (Lipinski definition) is 1. The highest BCUT2D eigenvalue weighted by Gasteiger charge is 2.28. The van der Waals surface area contributed by atoms with E-state index in [0.29, 0.717) is 0 Å². The SMILES string of the molecule is CNC(CCC(F)(F)F)c1cc(Br)cc(Br)c1. The zero-order chi connectivity index (χ0) is 13.1. The molecule has 1 rings (SSSR count). The fourth-order valence-electron chi connectivity index (χ4n) is 1.56. The molecule has 0 saturated heterocycles. The van der Waals surface area contributed by atoms with Crippen LogP contribution in [0.5, 0.6) is 0 Å². The largest absolute Gasteiger partial charge is 0.389 e. The van der Waals surface area contributed by atoms with Gasteiger partial charge in [0.05, 0.1) is 0 Å². The fourth-order valence-corrected chi connectivity index (χ4v) is 2.89. The van der Waals surface area contributed by atoms with Crippen LogP contribution < -0.4 is 5.32 Å². The van der Waals surface area contributed by atoms with Gasteiger partial charge in [0.25, 0.3) is 0 Å². The Labute approximate surface area is 115 Å². The molecular weight excluding hydrogens is 363 g/mol. The Kier molecular flexibility index (Phi) is 5.47. The lowest BCUT2D eigenvalue weighted by atomic mass is 10.0. The van der Waals surface area contributed by atoms with Crippen molar-refractivity contribution in [2.45, 2.75) is 25.1 Å². The number of rotatable bonds is 4. The van der Waals surface area contributed by atoms with E-state index in [1.165, 1.54) is 0 Å². The molecule has 0 fully saturated rings. The van der Waals surface area contributed by atoms with Gasteiger partial charge in [-0.3, -0.25) is 0 Å². The maximum atomic E-state index is 12.2. The molecule has 0 spiro atoms. The van der Waals surface area contributed by atoms with E-state index < -0.39 is 12.6 Å². The van der Waals surface area contributed by atoms with Gasteiger partial charge in [0.15, 0.2) is 0 Å². The maximum Gasteiger partial charge on any atom is 0.389 e. The monoisotopic (exact) mass is 373 g/mol. The summed E-state index contributed by atoms with van der Waals surface area (Å²) in [5.74, 6) is 0. The van der Waals surface area contributed by atoms with Gasteiger partial charge in [-0.2, -0.15) is 13.2 Å². The Bertz CT molecular complexity index is 359. The molecular formula is C11H12Br2F3N. The van der Waals surface area contributed by atoms with Crippen LogP contribution in [0.25, 0.3) is 0 Å². The van der Waals surface area contributed by atoms with Crippen molar-refractivity contribution in [3.63, 3.8) is 0 Å². The predicted molar refractivity (Wildman–Crippen MR) is 68.9 cm³/mol. The molecule has 1 aromatic rings. The average Bonchev–Trinajstić information content (AvgIpc) is 2.15. The van der Waals surface area contributed by atoms with Crippen LogP contribution in [0.4, 0.5) is 13.2 Å². The molecule has 6 heteroatoms. The third-order valence-electron chi connectivity index (χ3n) is 2.35. The van der Waals surface area contributed by atoms with E-state index in [1.54, 1.807) is 7.05 Å². The van der Waals surface area contributed by atoms with Crippen LogP contribution in [0.2, 0.25) is 0 Å². The van der Waals surface area contributed by atoms with Crippen molar-refractivity contribution in [3.05, 3.63) is 32.7 Å². The molecule has 96 valence electrons. The van der Waals surface area contributed by atoms with Crippen molar-refractivity contribution in [2.24, 2.45) is 0 Å². The molecule has 17 heavy (non-hydrogen) atoms. The van der Waals surface area contributed by atoms with Crippen molar-refractivity contribution in [1.29, 1.82) is 0 Å². The Morgan fingerprint density at radius 1 is 1.18 bits per heavy atom. The van der Waals surface area contributed by atoms with Gasteiger partial charge in [0.1, 0.15) is 0 Å². The van der Waals surface area contributed by atoms with Gasteiger partial charge in [-0.15, -0.1) is 0 Å². The van der Waals surface area contributed by atoms with Crippen LogP contribution >= 0.6 is 31.9 Å². The zero-order valence-electron chi connectivity index (χ0n) is 9.11. The first-order chi connectivity index (χ1) is 7.81. The van der Waals surface area contributed by atoms with Crippen molar-refractivity contribution >= 4 is 31.9 Å². The summed E-state index contributed by atoms with van der Waals surface area (Å²) in [5, 5.41) is 2.90. The topological polar surface area (TPSA) is 12.0 Å². The first-order valence-corrected chi connectivity index (χ1v) is 6.60. The summed E-state index contributed by atoms with van der Waals surface area (Å²) in [6, 6.07) is 5.19. The van der Waals surface area contributed by atoms with Crippen LogP contribution in [0.15, 0.2) is 27.1 Å². The Hall–Kier alpha value is -0.0700. The van der Waals surface area contributed by atoms with Gasteiger partial charge in [0, 0.05) is 21.4 Å². The van der Waals surface area contributed by atoms with Gasteiger partial charge in [-0.1, -0.05) is 31.9 Å². The Morgan fingerprint density at radius 2 is 1.71 bits per heavy atom. The predicted octanol–water partition coefficient (Wildman–Crippen LogP) is 4.81. The highest BCUT2D eigenvalue weighted by Crippen LogP contribution is 2.30. The summed E-state index contributed by atoms with van der Waals surface area (Å²) < 4.78 is 38.2. The summed E-state index contributed by atoms with van der Waals surface area (Å²) in [5.41, 5.74) is 0.831. The molecule has 1 N–H and O–H groups in total. The quantitative estimate of drug-likeness (QED) is 0.797. The molecule has 0 radical (unpaired) electrons. The number of nitrogens with one attached hydrogen (secondary N) is 1. The first kappa shape index (κ1) is 15.0. The zero-order valence-corrected chi connectivity index (χ0v) is 12.3. The van der Waals surface area contributed by atoms with Crippen molar-refractivity contribution in [2.75, 3.05) is 7.05 Å². The van der Waals surface area contributed by atoms with Gasteiger partial charge < -0.3 is 5.32 Å². The highest BCUT2D eigenvalue weighted by molar-refractivity contribution is 9.11. The van der Waals surface area contributed by atoms with Gasteiger partial charge in [0.2, 0.25) is 0 Å². The normalized spacial score (nSPS) is 13.8. The van der Waals surface area contributed by atoms with Crippen LogP contribution in [0, 0.1) is 0 Å². The lowest BCUT2D eigenvalue weighted by Crippen LogP contribution is -2.19. The lowest BCUT2D eigenvalue weighted by Gasteiger charge is -2.18. The molecule has 0 heterocycles. The summed E-state index contributed by atoms with van der Waals surface area (Å²) in [6.07, 6.45) is -4.87. The van der Waals surface area contributed by atoms with Crippen LogP contribution in [0.3, 0.4) is 0 Å². The minimum Gasteiger partial charge on any atom is -0.313 e. The molecule has 1 nitrogen and oxygen atoms in total. The smallest absolute Gasteiger partial charge is 0.313 e. The van der Waals surface area contributed by atoms with Gasteiger partial charge >= 0.3 is 6.18 Å². The summed E-state index contributed by atoms with van der Waals surface area (Å²) >= 11 is 6.64. The van der Waals surface area contributed by atoms with E-state index in [9.17, 15) is 13.2 Å². The molecule has 1 aromatic carbocycles. The molecule has 0 aliphatic rings. The number of alkyl halides is 3. The first-order valence-electron chi connectivity index (χ1n) is 5.02.